The standard InChI is InChI=1S/C13H17BrN2O/c1-3-16(8-4-7-15)11-5-6-12(10(2)17)13(14)9-11/h5-6,9-10,17H,3-4,8H2,1-2H3/t10-/m0/s1. The van der Waals surface area contributed by atoms with E-state index in [-0.39, 0.29) is 0 Å². The topological polar surface area (TPSA) is 47.3 Å². The Morgan fingerprint density at radius 3 is 2.71 bits per heavy atom. The lowest BCUT2D eigenvalue weighted by molar-refractivity contribution is 0.198. The van der Waals surface area contributed by atoms with Gasteiger partial charge in [-0.25, -0.2) is 0 Å². The number of rotatable bonds is 5. The molecule has 1 aromatic carbocycles. The molecule has 0 bridgehead atoms. The molecule has 0 heterocycles. The molecule has 0 unspecified atom stereocenters. The molecule has 0 aliphatic rings. The van der Waals surface area contributed by atoms with E-state index in [1.165, 1.54) is 0 Å². The normalized spacial score (nSPS) is 11.9. The van der Waals surface area contributed by atoms with E-state index in [0.717, 1.165) is 28.8 Å². The van der Waals surface area contributed by atoms with Crippen molar-refractivity contribution in [3.63, 3.8) is 0 Å². The van der Waals surface area contributed by atoms with Crippen molar-refractivity contribution >= 4 is 21.6 Å². The van der Waals surface area contributed by atoms with E-state index in [1.807, 2.05) is 18.2 Å². The molecule has 1 atom stereocenters. The lowest BCUT2D eigenvalue weighted by atomic mass is 10.1. The van der Waals surface area contributed by atoms with E-state index < -0.39 is 6.10 Å². The maximum Gasteiger partial charge on any atom is 0.0772 e. The third kappa shape index (κ3) is 3.72. The highest BCUT2D eigenvalue weighted by Crippen LogP contribution is 2.28. The number of halogens is 1. The summed E-state index contributed by atoms with van der Waals surface area (Å²) in [4.78, 5) is 2.14. The van der Waals surface area contributed by atoms with Gasteiger partial charge in [0, 0.05) is 23.2 Å². The van der Waals surface area contributed by atoms with E-state index in [0.29, 0.717) is 6.42 Å². The molecular weight excluding hydrogens is 280 g/mol. The first-order valence-electron chi connectivity index (χ1n) is 5.69. The average Bonchev–Trinajstić information content (AvgIpc) is 2.29. The molecule has 0 aromatic heterocycles. The van der Waals surface area contributed by atoms with Gasteiger partial charge in [-0.2, -0.15) is 5.26 Å². The van der Waals surface area contributed by atoms with Crippen molar-refractivity contribution in [2.75, 3.05) is 18.0 Å². The van der Waals surface area contributed by atoms with Gasteiger partial charge in [-0.3, -0.25) is 0 Å². The SMILES string of the molecule is CCN(CCC#N)c1ccc([C@H](C)O)c(Br)c1. The van der Waals surface area contributed by atoms with Crippen molar-refractivity contribution in [1.82, 2.24) is 0 Å². The molecule has 0 aliphatic carbocycles. The van der Waals surface area contributed by atoms with Crippen LogP contribution in [-0.4, -0.2) is 18.2 Å². The Labute approximate surface area is 111 Å². The van der Waals surface area contributed by atoms with Gasteiger partial charge in [0.1, 0.15) is 0 Å². The molecule has 0 fully saturated rings. The number of aliphatic hydroxyl groups excluding tert-OH is 1. The van der Waals surface area contributed by atoms with Crippen molar-refractivity contribution in [2.45, 2.75) is 26.4 Å². The maximum absolute atomic E-state index is 9.55. The summed E-state index contributed by atoms with van der Waals surface area (Å²) in [7, 11) is 0. The van der Waals surface area contributed by atoms with Gasteiger partial charge in [-0.1, -0.05) is 22.0 Å². The van der Waals surface area contributed by atoms with Crippen molar-refractivity contribution < 1.29 is 5.11 Å². The molecular formula is C13H17BrN2O. The van der Waals surface area contributed by atoms with Crippen LogP contribution in [0.4, 0.5) is 5.69 Å². The van der Waals surface area contributed by atoms with Gasteiger partial charge in [0.25, 0.3) is 0 Å². The highest BCUT2D eigenvalue weighted by atomic mass is 79.9. The quantitative estimate of drug-likeness (QED) is 0.907. The van der Waals surface area contributed by atoms with Crippen LogP contribution in [0, 0.1) is 11.3 Å². The van der Waals surface area contributed by atoms with Gasteiger partial charge in [0.15, 0.2) is 0 Å². The molecule has 0 radical (unpaired) electrons. The minimum absolute atomic E-state index is 0.479. The predicted octanol–water partition coefficient (Wildman–Crippen LogP) is 3.24. The Morgan fingerprint density at radius 1 is 1.53 bits per heavy atom. The highest BCUT2D eigenvalue weighted by Gasteiger charge is 2.09. The Balaban J connectivity index is 2.91. The first kappa shape index (κ1) is 14.0. The number of anilines is 1. The van der Waals surface area contributed by atoms with Crippen molar-refractivity contribution in [1.29, 1.82) is 5.26 Å². The smallest absolute Gasteiger partial charge is 0.0772 e. The fourth-order valence-electron chi connectivity index (χ4n) is 1.71. The third-order valence-corrected chi connectivity index (χ3v) is 3.36. The summed E-state index contributed by atoms with van der Waals surface area (Å²) in [5.41, 5.74) is 1.95. The van der Waals surface area contributed by atoms with Crippen LogP contribution in [0.15, 0.2) is 22.7 Å². The zero-order valence-corrected chi connectivity index (χ0v) is 11.7. The molecule has 0 spiro atoms. The molecule has 17 heavy (non-hydrogen) atoms. The minimum Gasteiger partial charge on any atom is -0.389 e. The monoisotopic (exact) mass is 296 g/mol. The Hall–Kier alpha value is -1.05. The summed E-state index contributed by atoms with van der Waals surface area (Å²) < 4.78 is 0.903. The van der Waals surface area contributed by atoms with Gasteiger partial charge in [0.05, 0.1) is 18.6 Å². The molecule has 1 aromatic rings. The van der Waals surface area contributed by atoms with Crippen LogP contribution >= 0.6 is 15.9 Å². The average molecular weight is 297 g/mol. The number of nitriles is 1. The summed E-state index contributed by atoms with van der Waals surface area (Å²) in [5.74, 6) is 0. The first-order valence-corrected chi connectivity index (χ1v) is 6.48. The van der Waals surface area contributed by atoms with Crippen molar-refractivity contribution in [3.8, 4) is 6.07 Å². The molecule has 0 aliphatic heterocycles. The minimum atomic E-state index is -0.479. The molecule has 1 rings (SSSR count). The van der Waals surface area contributed by atoms with Crippen molar-refractivity contribution in [3.05, 3.63) is 28.2 Å². The van der Waals surface area contributed by atoms with Gasteiger partial charge in [-0.05, 0) is 31.5 Å². The van der Waals surface area contributed by atoms with Gasteiger partial charge in [0.2, 0.25) is 0 Å². The Bertz CT molecular complexity index is 412. The molecule has 92 valence electrons. The van der Waals surface area contributed by atoms with E-state index in [2.05, 4.69) is 33.8 Å². The highest BCUT2D eigenvalue weighted by molar-refractivity contribution is 9.10. The Kier molecular flexibility index (Phi) is 5.46. The summed E-state index contributed by atoms with van der Waals surface area (Å²) in [6.45, 7) is 5.40. The van der Waals surface area contributed by atoms with E-state index in [9.17, 15) is 5.11 Å². The first-order chi connectivity index (χ1) is 8.10. The molecule has 4 heteroatoms. The predicted molar refractivity (Wildman–Crippen MR) is 72.9 cm³/mol. The van der Waals surface area contributed by atoms with Gasteiger partial charge in [-0.15, -0.1) is 0 Å². The number of hydrogen-bond donors (Lipinski definition) is 1. The van der Waals surface area contributed by atoms with Crippen LogP contribution in [0.25, 0.3) is 0 Å². The summed E-state index contributed by atoms with van der Waals surface area (Å²) in [6.07, 6.45) is 0.0384. The number of hydrogen-bond acceptors (Lipinski definition) is 3. The van der Waals surface area contributed by atoms with E-state index >= 15 is 0 Å². The second kappa shape index (κ2) is 6.63. The lowest BCUT2D eigenvalue weighted by Crippen LogP contribution is -2.23. The largest absolute Gasteiger partial charge is 0.389 e. The molecule has 0 amide bonds. The number of aliphatic hydroxyl groups is 1. The fourth-order valence-corrected chi connectivity index (χ4v) is 2.40. The molecule has 3 nitrogen and oxygen atoms in total. The molecule has 0 saturated heterocycles. The number of nitrogens with zero attached hydrogens (tertiary/aromatic N) is 2. The second-order valence-electron chi connectivity index (χ2n) is 3.87. The van der Waals surface area contributed by atoms with Crippen LogP contribution in [0.1, 0.15) is 31.9 Å². The summed E-state index contributed by atoms with van der Waals surface area (Å²) in [6, 6.07) is 8.04. The van der Waals surface area contributed by atoms with Crippen molar-refractivity contribution in [2.24, 2.45) is 0 Å². The third-order valence-electron chi connectivity index (χ3n) is 2.67. The summed E-state index contributed by atoms with van der Waals surface area (Å²) >= 11 is 3.46. The Morgan fingerprint density at radius 2 is 2.24 bits per heavy atom. The zero-order valence-electron chi connectivity index (χ0n) is 10.2. The number of benzene rings is 1. The molecule has 1 N–H and O–H groups in total. The van der Waals surface area contributed by atoms with E-state index in [4.69, 9.17) is 5.26 Å². The van der Waals surface area contributed by atoms with E-state index in [1.54, 1.807) is 6.92 Å². The van der Waals surface area contributed by atoms with Crippen LogP contribution in [0.3, 0.4) is 0 Å². The zero-order chi connectivity index (χ0) is 12.8. The van der Waals surface area contributed by atoms with Gasteiger partial charge >= 0.3 is 0 Å². The van der Waals surface area contributed by atoms with Crippen LogP contribution in [-0.2, 0) is 0 Å². The van der Waals surface area contributed by atoms with Crippen LogP contribution in [0.5, 0.6) is 0 Å². The fraction of sp³-hybridized carbons (Fsp3) is 0.462. The van der Waals surface area contributed by atoms with Crippen LogP contribution in [0.2, 0.25) is 0 Å². The van der Waals surface area contributed by atoms with Crippen LogP contribution < -0.4 is 4.90 Å². The van der Waals surface area contributed by atoms with Gasteiger partial charge < -0.3 is 10.0 Å². The summed E-state index contributed by atoms with van der Waals surface area (Å²) in [5, 5.41) is 18.2. The molecule has 0 saturated carbocycles. The maximum atomic E-state index is 9.55. The lowest BCUT2D eigenvalue weighted by Gasteiger charge is -2.23. The second-order valence-corrected chi connectivity index (χ2v) is 4.72.